The highest BCUT2D eigenvalue weighted by atomic mass is 16.2. The number of carbonyl (C=O) groups excluding carboxylic acids is 2. The molecule has 5 nitrogen and oxygen atoms in total. The molecule has 2 amide bonds. The lowest BCUT2D eigenvalue weighted by atomic mass is 10.1. The molecule has 2 N–H and O–H groups in total. The van der Waals surface area contributed by atoms with E-state index in [2.05, 4.69) is 11.4 Å². The van der Waals surface area contributed by atoms with Crippen molar-refractivity contribution in [3.05, 3.63) is 65.2 Å². The maximum Gasteiger partial charge on any atom is 0.279 e. The highest BCUT2D eigenvalue weighted by Gasteiger charge is 2.25. The van der Waals surface area contributed by atoms with Crippen LogP contribution in [0.2, 0.25) is 0 Å². The normalized spacial score (nSPS) is 14.9. The molecule has 0 aliphatic carbocycles. The molecule has 1 heterocycles. The average molecular weight is 352 g/mol. The predicted molar refractivity (Wildman–Crippen MR) is 102 cm³/mol. The fraction of sp³-hybridized carbons (Fsp3) is 0.333. The highest BCUT2D eigenvalue weighted by Crippen LogP contribution is 2.15. The molecule has 2 aromatic rings. The van der Waals surface area contributed by atoms with Gasteiger partial charge in [-0.15, -0.1) is 0 Å². The van der Waals surface area contributed by atoms with Crippen LogP contribution in [0.4, 0.5) is 5.69 Å². The average Bonchev–Trinajstić information content (AvgIpc) is 2.65. The predicted octanol–water partition coefficient (Wildman–Crippen LogP) is 1.28. The minimum absolute atomic E-state index is 0.0230. The molecule has 0 bridgehead atoms. The lowest BCUT2D eigenvalue weighted by Gasteiger charge is -2.32. The topological polar surface area (TPSA) is 53.9 Å². The van der Waals surface area contributed by atoms with Gasteiger partial charge in [0, 0.05) is 11.3 Å². The van der Waals surface area contributed by atoms with E-state index in [9.17, 15) is 9.59 Å². The number of quaternary nitrogens is 1. The van der Waals surface area contributed by atoms with E-state index in [1.807, 2.05) is 61.2 Å². The molecule has 0 spiro atoms. The van der Waals surface area contributed by atoms with Crippen molar-refractivity contribution in [1.29, 1.82) is 0 Å². The van der Waals surface area contributed by atoms with E-state index in [4.69, 9.17) is 0 Å². The molecule has 5 heteroatoms. The summed E-state index contributed by atoms with van der Waals surface area (Å²) in [5, 5.41) is 3.00. The molecule has 0 radical (unpaired) electrons. The van der Waals surface area contributed by atoms with Crippen molar-refractivity contribution in [3.8, 4) is 0 Å². The third kappa shape index (κ3) is 4.49. The van der Waals surface area contributed by atoms with Crippen LogP contribution in [-0.2, 0) is 4.79 Å². The van der Waals surface area contributed by atoms with Crippen molar-refractivity contribution in [2.75, 3.05) is 38.0 Å². The van der Waals surface area contributed by atoms with E-state index in [1.54, 1.807) is 0 Å². The lowest BCUT2D eigenvalue weighted by molar-refractivity contribution is -0.895. The van der Waals surface area contributed by atoms with Crippen LogP contribution in [0.3, 0.4) is 0 Å². The standard InChI is InChI=1S/C21H25N3O2/c1-16-8-9-19(17(2)14-16)22-20(25)15-23-10-12-24(13-11-23)21(26)18-6-4-3-5-7-18/h3-9,14H,10-13,15H2,1-2H3,(H,22,25)/p+1. The first-order valence-electron chi connectivity index (χ1n) is 9.08. The van der Waals surface area contributed by atoms with Gasteiger partial charge in [0.25, 0.3) is 11.8 Å². The second-order valence-corrected chi connectivity index (χ2v) is 6.95. The summed E-state index contributed by atoms with van der Waals surface area (Å²) in [6, 6.07) is 15.4. The largest absolute Gasteiger partial charge is 0.327 e. The van der Waals surface area contributed by atoms with Gasteiger partial charge in [-0.2, -0.15) is 0 Å². The highest BCUT2D eigenvalue weighted by molar-refractivity contribution is 5.94. The van der Waals surface area contributed by atoms with Crippen LogP contribution < -0.4 is 10.2 Å². The summed E-state index contributed by atoms with van der Waals surface area (Å²) in [4.78, 5) is 27.9. The number of rotatable bonds is 4. The van der Waals surface area contributed by atoms with Gasteiger partial charge in [-0.05, 0) is 37.6 Å². The molecule has 1 aliphatic heterocycles. The number of aryl methyl sites for hydroxylation is 2. The second kappa shape index (κ2) is 8.15. The molecule has 0 saturated carbocycles. The Bertz CT molecular complexity index is 781. The number of nitrogens with zero attached hydrogens (tertiary/aromatic N) is 1. The zero-order valence-corrected chi connectivity index (χ0v) is 15.4. The van der Waals surface area contributed by atoms with E-state index in [0.717, 1.165) is 29.9 Å². The maximum absolute atomic E-state index is 12.5. The van der Waals surface area contributed by atoms with Crippen molar-refractivity contribution >= 4 is 17.5 Å². The Morgan fingerprint density at radius 3 is 2.38 bits per heavy atom. The Hall–Kier alpha value is -2.66. The third-order valence-electron chi connectivity index (χ3n) is 4.85. The van der Waals surface area contributed by atoms with Gasteiger partial charge in [0.15, 0.2) is 6.54 Å². The minimum atomic E-state index is 0.0230. The van der Waals surface area contributed by atoms with E-state index >= 15 is 0 Å². The quantitative estimate of drug-likeness (QED) is 0.871. The fourth-order valence-corrected chi connectivity index (χ4v) is 3.34. The number of piperazine rings is 1. The Morgan fingerprint density at radius 2 is 1.73 bits per heavy atom. The Kier molecular flexibility index (Phi) is 5.68. The number of anilines is 1. The Labute approximate surface area is 154 Å². The summed E-state index contributed by atoms with van der Waals surface area (Å²) in [5.41, 5.74) is 3.86. The van der Waals surface area contributed by atoms with E-state index in [0.29, 0.717) is 19.6 Å². The molecule has 3 rings (SSSR count). The summed E-state index contributed by atoms with van der Waals surface area (Å²) >= 11 is 0. The van der Waals surface area contributed by atoms with Crippen molar-refractivity contribution in [1.82, 2.24) is 4.90 Å². The number of amides is 2. The SMILES string of the molecule is Cc1ccc(NC(=O)C[NH+]2CCN(C(=O)c3ccccc3)CC2)c(C)c1. The van der Waals surface area contributed by atoms with Crippen molar-refractivity contribution < 1.29 is 14.5 Å². The zero-order chi connectivity index (χ0) is 18.5. The van der Waals surface area contributed by atoms with Gasteiger partial charge in [-0.3, -0.25) is 9.59 Å². The molecule has 0 unspecified atom stereocenters. The lowest BCUT2D eigenvalue weighted by Crippen LogP contribution is -3.15. The molecular weight excluding hydrogens is 326 g/mol. The number of nitrogens with one attached hydrogen (secondary N) is 2. The Balaban J connectivity index is 1.49. The monoisotopic (exact) mass is 352 g/mol. The van der Waals surface area contributed by atoms with E-state index in [1.165, 1.54) is 10.5 Å². The molecule has 1 aliphatic rings. The fourth-order valence-electron chi connectivity index (χ4n) is 3.34. The first-order chi connectivity index (χ1) is 12.5. The van der Waals surface area contributed by atoms with Crippen LogP contribution in [0.25, 0.3) is 0 Å². The number of hydrogen-bond donors (Lipinski definition) is 2. The first-order valence-corrected chi connectivity index (χ1v) is 9.08. The number of benzene rings is 2. The van der Waals surface area contributed by atoms with Crippen LogP contribution in [0.5, 0.6) is 0 Å². The van der Waals surface area contributed by atoms with Crippen molar-refractivity contribution in [2.24, 2.45) is 0 Å². The van der Waals surface area contributed by atoms with Crippen LogP contribution in [0, 0.1) is 13.8 Å². The molecule has 1 saturated heterocycles. The van der Waals surface area contributed by atoms with Crippen LogP contribution >= 0.6 is 0 Å². The maximum atomic E-state index is 12.5. The molecule has 26 heavy (non-hydrogen) atoms. The van der Waals surface area contributed by atoms with Gasteiger partial charge in [-0.1, -0.05) is 35.9 Å². The smallest absolute Gasteiger partial charge is 0.279 e. The molecule has 1 fully saturated rings. The van der Waals surface area contributed by atoms with Gasteiger partial charge in [0.2, 0.25) is 0 Å². The van der Waals surface area contributed by atoms with Crippen LogP contribution in [0.1, 0.15) is 21.5 Å². The van der Waals surface area contributed by atoms with Gasteiger partial charge in [-0.25, -0.2) is 0 Å². The summed E-state index contributed by atoms with van der Waals surface area (Å²) in [6.45, 7) is 7.42. The zero-order valence-electron chi connectivity index (χ0n) is 15.4. The summed E-state index contributed by atoms with van der Waals surface area (Å²) < 4.78 is 0. The summed E-state index contributed by atoms with van der Waals surface area (Å²) in [7, 11) is 0. The van der Waals surface area contributed by atoms with E-state index in [-0.39, 0.29) is 11.8 Å². The molecule has 0 aromatic heterocycles. The second-order valence-electron chi connectivity index (χ2n) is 6.95. The van der Waals surface area contributed by atoms with E-state index < -0.39 is 0 Å². The summed E-state index contributed by atoms with van der Waals surface area (Å²) in [5.74, 6) is 0.0965. The van der Waals surface area contributed by atoms with Gasteiger partial charge in [0.1, 0.15) is 0 Å². The van der Waals surface area contributed by atoms with Crippen molar-refractivity contribution in [2.45, 2.75) is 13.8 Å². The molecule has 136 valence electrons. The number of carbonyl (C=O) groups is 2. The Morgan fingerprint density at radius 1 is 1.04 bits per heavy atom. The van der Waals surface area contributed by atoms with Gasteiger partial charge < -0.3 is 15.1 Å². The van der Waals surface area contributed by atoms with Gasteiger partial charge in [0.05, 0.1) is 26.2 Å². The molecule has 0 atom stereocenters. The first kappa shape index (κ1) is 18.1. The number of hydrogen-bond acceptors (Lipinski definition) is 2. The minimum Gasteiger partial charge on any atom is -0.327 e. The molecular formula is C21H26N3O2+. The third-order valence-corrected chi connectivity index (χ3v) is 4.85. The van der Waals surface area contributed by atoms with Crippen molar-refractivity contribution in [3.63, 3.8) is 0 Å². The van der Waals surface area contributed by atoms with Gasteiger partial charge >= 0.3 is 0 Å². The summed E-state index contributed by atoms with van der Waals surface area (Å²) in [6.07, 6.45) is 0. The van der Waals surface area contributed by atoms with Crippen LogP contribution in [0.15, 0.2) is 48.5 Å². The molecule has 2 aromatic carbocycles. The van der Waals surface area contributed by atoms with Crippen LogP contribution in [-0.4, -0.2) is 49.4 Å².